The van der Waals surface area contributed by atoms with Crippen LogP contribution < -0.4 is 5.76 Å². The van der Waals surface area contributed by atoms with Gasteiger partial charge in [-0.2, -0.15) is 0 Å². The number of fused-ring (bicyclic) bond motifs is 1. The SMILES string of the molecule is CC(=O)OCC(=O)N1CCC(n2c(=O)oc3cc(C)ccc32)CC1. The van der Waals surface area contributed by atoms with Crippen LogP contribution in [0.15, 0.2) is 27.4 Å². The van der Waals surface area contributed by atoms with Crippen molar-refractivity contribution in [3.63, 3.8) is 0 Å². The Kier molecular flexibility index (Phi) is 4.42. The van der Waals surface area contributed by atoms with Crippen LogP contribution in [0.4, 0.5) is 0 Å². The van der Waals surface area contributed by atoms with Gasteiger partial charge in [0.2, 0.25) is 0 Å². The lowest BCUT2D eigenvalue weighted by Crippen LogP contribution is -2.42. The van der Waals surface area contributed by atoms with E-state index in [1.807, 2.05) is 25.1 Å². The molecule has 0 unspecified atom stereocenters. The van der Waals surface area contributed by atoms with Gasteiger partial charge in [0.1, 0.15) is 0 Å². The van der Waals surface area contributed by atoms with Gasteiger partial charge in [-0.3, -0.25) is 14.2 Å². The van der Waals surface area contributed by atoms with E-state index in [4.69, 9.17) is 9.15 Å². The Hall–Kier alpha value is -2.57. The zero-order valence-electron chi connectivity index (χ0n) is 13.8. The summed E-state index contributed by atoms with van der Waals surface area (Å²) < 4.78 is 11.8. The van der Waals surface area contributed by atoms with Crippen molar-refractivity contribution >= 4 is 23.0 Å². The van der Waals surface area contributed by atoms with Crippen molar-refractivity contribution in [1.29, 1.82) is 0 Å². The minimum atomic E-state index is -0.468. The molecule has 0 saturated carbocycles. The number of rotatable bonds is 3. The van der Waals surface area contributed by atoms with Gasteiger partial charge in [0.15, 0.2) is 12.2 Å². The molecule has 2 heterocycles. The zero-order chi connectivity index (χ0) is 17.3. The van der Waals surface area contributed by atoms with Crippen molar-refractivity contribution in [1.82, 2.24) is 9.47 Å². The van der Waals surface area contributed by atoms with E-state index in [9.17, 15) is 14.4 Å². The van der Waals surface area contributed by atoms with Crippen LogP contribution in [-0.4, -0.2) is 41.0 Å². The molecule has 1 amide bonds. The maximum Gasteiger partial charge on any atom is 0.420 e. The number of aryl methyl sites for hydroxylation is 1. The monoisotopic (exact) mass is 332 g/mol. The van der Waals surface area contributed by atoms with Gasteiger partial charge < -0.3 is 14.1 Å². The number of benzene rings is 1. The van der Waals surface area contributed by atoms with Crippen LogP contribution in [0.2, 0.25) is 0 Å². The summed E-state index contributed by atoms with van der Waals surface area (Å²) in [5.41, 5.74) is 2.41. The minimum absolute atomic E-state index is 0.000712. The van der Waals surface area contributed by atoms with Gasteiger partial charge in [0, 0.05) is 26.1 Å². The molecule has 24 heavy (non-hydrogen) atoms. The first-order chi connectivity index (χ1) is 11.5. The number of oxazole rings is 1. The summed E-state index contributed by atoms with van der Waals surface area (Å²) in [4.78, 5) is 36.6. The third-order valence-electron chi connectivity index (χ3n) is 4.35. The highest BCUT2D eigenvalue weighted by Crippen LogP contribution is 2.26. The molecule has 7 nitrogen and oxygen atoms in total. The molecular formula is C17H20N2O5. The van der Waals surface area contributed by atoms with Crippen molar-refractivity contribution in [2.24, 2.45) is 0 Å². The van der Waals surface area contributed by atoms with Crippen LogP contribution in [0.5, 0.6) is 0 Å². The number of hydrogen-bond donors (Lipinski definition) is 0. The standard InChI is InChI=1S/C17H20N2O5/c1-11-3-4-14-15(9-11)24-17(22)19(14)13-5-7-18(8-6-13)16(21)10-23-12(2)20/h3-4,9,13H,5-8,10H2,1-2H3. The number of likely N-dealkylation sites (tertiary alicyclic amines) is 1. The van der Waals surface area contributed by atoms with Crippen LogP contribution in [0.25, 0.3) is 11.1 Å². The quantitative estimate of drug-likeness (QED) is 0.798. The van der Waals surface area contributed by atoms with E-state index in [0.717, 1.165) is 11.1 Å². The Bertz CT molecular complexity index is 827. The third kappa shape index (κ3) is 3.20. The Morgan fingerprint density at radius 3 is 2.67 bits per heavy atom. The Labute approximate surface area is 138 Å². The van der Waals surface area contributed by atoms with Gasteiger partial charge in [0.05, 0.1) is 5.52 Å². The normalized spacial score (nSPS) is 15.7. The number of nitrogens with zero attached hydrogens (tertiary/aromatic N) is 2. The molecule has 0 spiro atoms. The molecule has 7 heteroatoms. The van der Waals surface area contributed by atoms with Crippen molar-refractivity contribution in [3.8, 4) is 0 Å². The van der Waals surface area contributed by atoms with Crippen molar-refractivity contribution < 1.29 is 18.7 Å². The largest absolute Gasteiger partial charge is 0.456 e. The summed E-state index contributed by atoms with van der Waals surface area (Å²) >= 11 is 0. The molecule has 1 aromatic heterocycles. The highest BCUT2D eigenvalue weighted by atomic mass is 16.5. The molecule has 1 fully saturated rings. The van der Waals surface area contributed by atoms with E-state index in [-0.39, 0.29) is 24.3 Å². The average molecular weight is 332 g/mol. The fraction of sp³-hybridized carbons (Fsp3) is 0.471. The first-order valence-electron chi connectivity index (χ1n) is 7.98. The second kappa shape index (κ2) is 6.51. The Balaban J connectivity index is 1.71. The molecule has 1 aliphatic rings. The number of amides is 1. The van der Waals surface area contributed by atoms with E-state index in [2.05, 4.69) is 0 Å². The molecule has 0 bridgehead atoms. The number of piperidine rings is 1. The molecule has 128 valence electrons. The summed E-state index contributed by atoms with van der Waals surface area (Å²) in [7, 11) is 0. The van der Waals surface area contributed by atoms with E-state index < -0.39 is 5.97 Å². The number of carbonyl (C=O) groups is 2. The van der Waals surface area contributed by atoms with Crippen LogP contribution >= 0.6 is 0 Å². The molecule has 2 aromatic rings. The lowest BCUT2D eigenvalue weighted by molar-refractivity contribution is -0.150. The average Bonchev–Trinajstić information content (AvgIpc) is 2.87. The van der Waals surface area contributed by atoms with Crippen LogP contribution in [0.3, 0.4) is 0 Å². The molecule has 0 radical (unpaired) electrons. The number of hydrogen-bond acceptors (Lipinski definition) is 5. The predicted octanol–water partition coefficient (Wildman–Crippen LogP) is 1.63. The molecule has 0 aliphatic carbocycles. The summed E-state index contributed by atoms with van der Waals surface area (Å²) in [6.07, 6.45) is 1.32. The molecule has 3 rings (SSSR count). The van der Waals surface area contributed by atoms with Gasteiger partial charge in [0.25, 0.3) is 5.91 Å². The zero-order valence-corrected chi connectivity index (χ0v) is 13.8. The maximum atomic E-state index is 12.2. The van der Waals surface area contributed by atoms with Gasteiger partial charge in [-0.25, -0.2) is 4.79 Å². The Morgan fingerprint density at radius 2 is 2.00 bits per heavy atom. The van der Waals surface area contributed by atoms with Crippen molar-refractivity contribution in [2.45, 2.75) is 32.7 Å². The van der Waals surface area contributed by atoms with Crippen molar-refractivity contribution in [3.05, 3.63) is 34.3 Å². The maximum absolute atomic E-state index is 12.2. The topological polar surface area (TPSA) is 81.8 Å². The molecule has 1 aromatic carbocycles. The van der Waals surface area contributed by atoms with Crippen LogP contribution in [0.1, 0.15) is 31.4 Å². The predicted molar refractivity (Wildman–Crippen MR) is 86.7 cm³/mol. The van der Waals surface area contributed by atoms with E-state index >= 15 is 0 Å². The van der Waals surface area contributed by atoms with E-state index in [1.54, 1.807) is 9.47 Å². The highest BCUT2D eigenvalue weighted by molar-refractivity contribution is 5.80. The molecular weight excluding hydrogens is 312 g/mol. The first kappa shape index (κ1) is 16.3. The van der Waals surface area contributed by atoms with Gasteiger partial charge >= 0.3 is 11.7 Å². The minimum Gasteiger partial charge on any atom is -0.456 e. The number of esters is 1. The number of carbonyl (C=O) groups excluding carboxylic acids is 2. The van der Waals surface area contributed by atoms with E-state index in [1.165, 1.54) is 6.92 Å². The van der Waals surface area contributed by atoms with Crippen LogP contribution in [0, 0.1) is 6.92 Å². The molecule has 1 aliphatic heterocycles. The Morgan fingerprint density at radius 1 is 1.29 bits per heavy atom. The van der Waals surface area contributed by atoms with Gasteiger partial charge in [-0.15, -0.1) is 0 Å². The summed E-state index contributed by atoms with van der Waals surface area (Å²) in [5.74, 6) is -1.03. The van der Waals surface area contributed by atoms with Crippen LogP contribution in [-0.2, 0) is 14.3 Å². The second-order valence-corrected chi connectivity index (χ2v) is 6.10. The smallest absolute Gasteiger partial charge is 0.420 e. The summed E-state index contributed by atoms with van der Waals surface area (Å²) in [6.45, 7) is 4.04. The fourth-order valence-corrected chi connectivity index (χ4v) is 3.12. The molecule has 1 saturated heterocycles. The van der Waals surface area contributed by atoms with Gasteiger partial charge in [-0.05, 0) is 37.5 Å². The molecule has 0 N–H and O–H groups in total. The number of ether oxygens (including phenoxy) is 1. The fourth-order valence-electron chi connectivity index (χ4n) is 3.12. The lowest BCUT2D eigenvalue weighted by Gasteiger charge is -2.32. The number of aromatic nitrogens is 1. The summed E-state index contributed by atoms with van der Waals surface area (Å²) in [6, 6.07) is 5.70. The van der Waals surface area contributed by atoms with Gasteiger partial charge in [-0.1, -0.05) is 6.07 Å². The second-order valence-electron chi connectivity index (χ2n) is 6.10. The lowest BCUT2D eigenvalue weighted by atomic mass is 10.0. The third-order valence-corrected chi connectivity index (χ3v) is 4.35. The van der Waals surface area contributed by atoms with Crippen molar-refractivity contribution in [2.75, 3.05) is 19.7 Å². The first-order valence-corrected chi connectivity index (χ1v) is 7.98. The van der Waals surface area contributed by atoms with E-state index in [0.29, 0.717) is 31.5 Å². The molecule has 0 atom stereocenters. The highest BCUT2D eigenvalue weighted by Gasteiger charge is 2.27. The summed E-state index contributed by atoms with van der Waals surface area (Å²) in [5, 5.41) is 0.